The zero-order valence-corrected chi connectivity index (χ0v) is 13.3. The van der Waals surface area contributed by atoms with E-state index < -0.39 is 8.32 Å². The van der Waals surface area contributed by atoms with Gasteiger partial charge in [0.05, 0.1) is 0 Å². The molecule has 2 aliphatic rings. The lowest BCUT2D eigenvalue weighted by molar-refractivity contribution is 0.372. The van der Waals surface area contributed by atoms with E-state index in [1.165, 1.54) is 83.1 Å². The molecule has 0 radical (unpaired) electrons. The molecule has 0 unspecified atom stereocenters. The fraction of sp³-hybridized carbons (Fsp3) is 1.00. The Balaban J connectivity index is 2.04. The lowest BCUT2D eigenvalue weighted by Gasteiger charge is -2.43. The minimum atomic E-state index is -1.97. The molecular formula is C16H32OSi. The van der Waals surface area contributed by atoms with Crippen molar-refractivity contribution < 1.29 is 4.80 Å². The van der Waals surface area contributed by atoms with Crippen molar-refractivity contribution in [1.82, 2.24) is 0 Å². The monoisotopic (exact) mass is 268 g/mol. The van der Waals surface area contributed by atoms with Crippen LogP contribution < -0.4 is 0 Å². The predicted molar refractivity (Wildman–Crippen MR) is 81.4 cm³/mol. The zero-order chi connectivity index (χ0) is 12.8. The normalized spacial score (nSPS) is 24.3. The SMILES string of the molecule is CCCC[Si](O)(C1CCCCC1)C1CCCCC1. The van der Waals surface area contributed by atoms with Crippen LogP contribution in [0.2, 0.25) is 17.1 Å². The van der Waals surface area contributed by atoms with Crippen molar-refractivity contribution >= 4 is 8.32 Å². The standard InChI is InChI=1S/C16H32OSi/c1-2-3-14-18(17,15-10-6-4-7-11-15)16-12-8-5-9-13-16/h15-17H,2-14H2,1H3. The maximum absolute atomic E-state index is 11.5. The van der Waals surface area contributed by atoms with Gasteiger partial charge in [0, 0.05) is 0 Å². The molecule has 0 bridgehead atoms. The predicted octanol–water partition coefficient (Wildman–Crippen LogP) is 5.39. The lowest BCUT2D eigenvalue weighted by atomic mass is 9.99. The number of hydrogen-bond acceptors (Lipinski definition) is 1. The van der Waals surface area contributed by atoms with Gasteiger partial charge in [-0.1, -0.05) is 84.0 Å². The Hall–Kier alpha value is 0.177. The summed E-state index contributed by atoms with van der Waals surface area (Å²) >= 11 is 0. The van der Waals surface area contributed by atoms with Crippen molar-refractivity contribution in [1.29, 1.82) is 0 Å². The topological polar surface area (TPSA) is 20.2 Å². The molecule has 0 aliphatic heterocycles. The first kappa shape index (κ1) is 14.6. The van der Waals surface area contributed by atoms with Crippen molar-refractivity contribution in [2.75, 3.05) is 0 Å². The van der Waals surface area contributed by atoms with Crippen LogP contribution in [0.1, 0.15) is 84.0 Å². The van der Waals surface area contributed by atoms with Crippen molar-refractivity contribution in [3.8, 4) is 0 Å². The van der Waals surface area contributed by atoms with Crippen molar-refractivity contribution in [3.05, 3.63) is 0 Å². The second kappa shape index (κ2) is 7.09. The van der Waals surface area contributed by atoms with E-state index in [2.05, 4.69) is 6.92 Å². The summed E-state index contributed by atoms with van der Waals surface area (Å²) < 4.78 is 0. The third-order valence-electron chi connectivity index (χ3n) is 5.56. The van der Waals surface area contributed by atoms with Crippen LogP contribution in [0, 0.1) is 0 Å². The molecule has 0 atom stereocenters. The van der Waals surface area contributed by atoms with Crippen LogP contribution >= 0.6 is 0 Å². The van der Waals surface area contributed by atoms with Gasteiger partial charge in [-0.25, -0.2) is 0 Å². The van der Waals surface area contributed by atoms with Crippen LogP contribution in [0.5, 0.6) is 0 Å². The van der Waals surface area contributed by atoms with E-state index in [9.17, 15) is 4.80 Å². The van der Waals surface area contributed by atoms with Gasteiger partial charge in [-0.15, -0.1) is 0 Å². The van der Waals surface area contributed by atoms with E-state index >= 15 is 0 Å². The largest absolute Gasteiger partial charge is 0.431 e. The van der Waals surface area contributed by atoms with Crippen LogP contribution in [0.25, 0.3) is 0 Å². The highest BCUT2D eigenvalue weighted by Gasteiger charge is 2.46. The highest BCUT2D eigenvalue weighted by Crippen LogP contribution is 2.49. The summed E-state index contributed by atoms with van der Waals surface area (Å²) in [5.41, 5.74) is 1.50. The minimum Gasteiger partial charge on any atom is -0.431 e. The molecule has 2 heteroatoms. The Morgan fingerprint density at radius 1 is 0.833 bits per heavy atom. The molecule has 2 rings (SSSR count). The average Bonchev–Trinajstić information content (AvgIpc) is 2.46. The number of unbranched alkanes of at least 4 members (excludes halogenated alkanes) is 1. The first-order valence-corrected chi connectivity index (χ1v) is 10.8. The fourth-order valence-electron chi connectivity index (χ4n) is 4.41. The molecule has 2 fully saturated rings. The molecule has 2 aliphatic carbocycles. The Bertz CT molecular complexity index is 211. The van der Waals surface area contributed by atoms with Crippen molar-refractivity contribution in [2.24, 2.45) is 0 Å². The van der Waals surface area contributed by atoms with Gasteiger partial charge in [0.1, 0.15) is 0 Å². The van der Waals surface area contributed by atoms with E-state index in [1.807, 2.05) is 0 Å². The second-order valence-corrected chi connectivity index (χ2v) is 10.9. The summed E-state index contributed by atoms with van der Waals surface area (Å²) in [7, 11) is -1.97. The van der Waals surface area contributed by atoms with E-state index in [0.29, 0.717) is 0 Å². The van der Waals surface area contributed by atoms with Gasteiger partial charge < -0.3 is 4.80 Å². The van der Waals surface area contributed by atoms with Crippen molar-refractivity contribution in [2.45, 2.75) is 101 Å². The number of rotatable bonds is 5. The Morgan fingerprint density at radius 3 is 1.67 bits per heavy atom. The third-order valence-corrected chi connectivity index (χ3v) is 10.7. The van der Waals surface area contributed by atoms with E-state index in [4.69, 9.17) is 0 Å². The van der Waals surface area contributed by atoms with Crippen LogP contribution in [-0.2, 0) is 0 Å². The first-order chi connectivity index (χ1) is 8.77. The molecule has 0 aromatic rings. The molecule has 0 spiro atoms. The number of hydrogen-bond donors (Lipinski definition) is 1. The maximum atomic E-state index is 11.5. The maximum Gasteiger partial charge on any atom is 0.194 e. The molecular weight excluding hydrogens is 236 g/mol. The highest BCUT2D eigenvalue weighted by atomic mass is 28.4. The van der Waals surface area contributed by atoms with Gasteiger partial charge in [-0.2, -0.15) is 0 Å². The Labute approximate surface area is 115 Å². The van der Waals surface area contributed by atoms with Gasteiger partial charge in [-0.05, 0) is 17.1 Å². The van der Waals surface area contributed by atoms with Gasteiger partial charge in [-0.3, -0.25) is 0 Å². The first-order valence-electron chi connectivity index (χ1n) is 8.49. The quantitative estimate of drug-likeness (QED) is 0.663. The van der Waals surface area contributed by atoms with E-state index in [0.717, 1.165) is 11.1 Å². The van der Waals surface area contributed by atoms with Gasteiger partial charge in [0.2, 0.25) is 0 Å². The summed E-state index contributed by atoms with van der Waals surface area (Å²) in [6, 6.07) is 1.21. The van der Waals surface area contributed by atoms with Crippen LogP contribution in [0.15, 0.2) is 0 Å². The summed E-state index contributed by atoms with van der Waals surface area (Å²) in [6.07, 6.45) is 16.3. The fourth-order valence-corrected chi connectivity index (χ4v) is 9.63. The smallest absolute Gasteiger partial charge is 0.194 e. The lowest BCUT2D eigenvalue weighted by Crippen LogP contribution is -2.46. The molecule has 1 nitrogen and oxygen atoms in total. The van der Waals surface area contributed by atoms with Gasteiger partial charge in [0.25, 0.3) is 0 Å². The molecule has 0 aromatic heterocycles. The van der Waals surface area contributed by atoms with Crippen molar-refractivity contribution in [3.63, 3.8) is 0 Å². The molecule has 0 amide bonds. The van der Waals surface area contributed by atoms with Crippen LogP contribution in [-0.4, -0.2) is 13.1 Å². The summed E-state index contributed by atoms with van der Waals surface area (Å²) in [5, 5.41) is 0. The molecule has 0 saturated heterocycles. The van der Waals surface area contributed by atoms with Crippen LogP contribution in [0.3, 0.4) is 0 Å². The third kappa shape index (κ3) is 3.39. The zero-order valence-electron chi connectivity index (χ0n) is 12.3. The van der Waals surface area contributed by atoms with Crippen LogP contribution in [0.4, 0.5) is 0 Å². The Kier molecular flexibility index (Phi) is 5.75. The molecule has 18 heavy (non-hydrogen) atoms. The molecule has 106 valence electrons. The van der Waals surface area contributed by atoms with Gasteiger partial charge >= 0.3 is 0 Å². The van der Waals surface area contributed by atoms with E-state index in [1.54, 1.807) is 0 Å². The summed E-state index contributed by atoms with van der Waals surface area (Å²) in [4.78, 5) is 11.5. The second-order valence-electron chi connectivity index (χ2n) is 6.76. The molecule has 1 N–H and O–H groups in total. The average molecular weight is 269 g/mol. The van der Waals surface area contributed by atoms with E-state index in [-0.39, 0.29) is 0 Å². The van der Waals surface area contributed by atoms with Gasteiger partial charge in [0.15, 0.2) is 8.32 Å². The molecule has 0 aromatic carbocycles. The molecule has 2 saturated carbocycles. The highest BCUT2D eigenvalue weighted by molar-refractivity contribution is 6.75. The minimum absolute atomic E-state index is 0.751. The summed E-state index contributed by atoms with van der Waals surface area (Å²) in [6.45, 7) is 2.27. The summed E-state index contributed by atoms with van der Waals surface area (Å²) in [5.74, 6) is 0. The Morgan fingerprint density at radius 2 is 1.28 bits per heavy atom. The molecule has 0 heterocycles.